The maximum Gasteiger partial charge on any atom is 0.305 e. The number of aliphatic hydroxyl groups is 1. The van der Waals surface area contributed by atoms with E-state index in [0.29, 0.717) is 12.8 Å². The van der Waals surface area contributed by atoms with E-state index in [4.69, 9.17) is 0 Å². The summed E-state index contributed by atoms with van der Waals surface area (Å²) < 4.78 is 4.55. The fourth-order valence-electron chi connectivity index (χ4n) is 2.00. The van der Waals surface area contributed by atoms with Crippen LogP contribution < -0.4 is 0 Å². The Balaban J connectivity index is 3.56. The van der Waals surface area contributed by atoms with Crippen molar-refractivity contribution in [3.8, 4) is 23.7 Å². The molecule has 1 atom stereocenters. The zero-order chi connectivity index (χ0) is 16.5. The highest BCUT2D eigenvalue weighted by Gasteiger charge is 2.02. The van der Waals surface area contributed by atoms with Gasteiger partial charge in [-0.15, -0.1) is 0 Å². The summed E-state index contributed by atoms with van der Waals surface area (Å²) in [7, 11) is 1.38. The Morgan fingerprint density at radius 1 is 1.05 bits per heavy atom. The number of rotatable bonds is 11. The highest BCUT2D eigenvalue weighted by atomic mass is 16.5. The molecule has 22 heavy (non-hydrogen) atoms. The number of ether oxygens (including phenoxy) is 1. The van der Waals surface area contributed by atoms with Gasteiger partial charge in [-0.25, -0.2) is 0 Å². The smallest absolute Gasteiger partial charge is 0.305 e. The van der Waals surface area contributed by atoms with Crippen LogP contribution in [0.2, 0.25) is 0 Å². The van der Waals surface area contributed by atoms with E-state index < -0.39 is 6.10 Å². The summed E-state index contributed by atoms with van der Waals surface area (Å²) in [5.74, 6) is 11.0. The van der Waals surface area contributed by atoms with Crippen LogP contribution in [0.15, 0.2) is 0 Å². The van der Waals surface area contributed by atoms with Gasteiger partial charge in [0.25, 0.3) is 0 Å². The van der Waals surface area contributed by atoms with Crippen LogP contribution in [0.3, 0.4) is 0 Å². The van der Waals surface area contributed by atoms with Crippen molar-refractivity contribution in [1.82, 2.24) is 0 Å². The summed E-state index contributed by atoms with van der Waals surface area (Å²) in [5.41, 5.74) is 0. The number of carbonyl (C=O) groups is 1. The number of hydrogen-bond acceptors (Lipinski definition) is 3. The first-order valence-electron chi connectivity index (χ1n) is 8.44. The molecule has 3 heteroatoms. The first-order chi connectivity index (χ1) is 10.7. The summed E-state index contributed by atoms with van der Waals surface area (Å²) in [6.45, 7) is 2.22. The van der Waals surface area contributed by atoms with Gasteiger partial charge in [-0.05, 0) is 37.5 Å². The van der Waals surface area contributed by atoms with E-state index in [1.807, 2.05) is 0 Å². The number of aliphatic hydroxyl groups excluding tert-OH is 1. The molecular formula is C19H30O3. The van der Waals surface area contributed by atoms with E-state index in [1.165, 1.54) is 39.2 Å². The molecule has 0 aromatic carbocycles. The minimum Gasteiger partial charge on any atom is -0.469 e. The Kier molecular flexibility index (Phi) is 14.9. The average Bonchev–Trinajstić information content (AvgIpc) is 2.53. The highest BCUT2D eigenvalue weighted by Crippen LogP contribution is 2.06. The van der Waals surface area contributed by atoms with Gasteiger partial charge >= 0.3 is 5.97 Å². The van der Waals surface area contributed by atoms with Crippen molar-refractivity contribution in [1.29, 1.82) is 0 Å². The molecule has 124 valence electrons. The van der Waals surface area contributed by atoms with E-state index in [2.05, 4.69) is 35.3 Å². The molecule has 0 fully saturated rings. The molecule has 3 nitrogen and oxygen atoms in total. The molecule has 0 aromatic rings. The van der Waals surface area contributed by atoms with Crippen LogP contribution in [0.4, 0.5) is 0 Å². The summed E-state index contributed by atoms with van der Waals surface area (Å²) >= 11 is 0. The summed E-state index contributed by atoms with van der Waals surface area (Å²) in [5, 5.41) is 9.64. The van der Waals surface area contributed by atoms with Crippen LogP contribution in [0.5, 0.6) is 0 Å². The Hall–Kier alpha value is -1.45. The zero-order valence-electron chi connectivity index (χ0n) is 14.1. The maximum absolute atomic E-state index is 10.9. The third-order valence-electron chi connectivity index (χ3n) is 3.38. The van der Waals surface area contributed by atoms with E-state index in [9.17, 15) is 9.90 Å². The zero-order valence-corrected chi connectivity index (χ0v) is 14.1. The van der Waals surface area contributed by atoms with Gasteiger partial charge in [0.1, 0.15) is 6.10 Å². The van der Waals surface area contributed by atoms with Gasteiger partial charge in [-0.1, -0.05) is 50.9 Å². The van der Waals surface area contributed by atoms with Crippen molar-refractivity contribution in [3.63, 3.8) is 0 Å². The number of methoxy groups -OCH3 is 1. The summed E-state index contributed by atoms with van der Waals surface area (Å²) in [6, 6.07) is 0. The van der Waals surface area contributed by atoms with Gasteiger partial charge in [0.05, 0.1) is 7.11 Å². The van der Waals surface area contributed by atoms with E-state index in [-0.39, 0.29) is 5.97 Å². The van der Waals surface area contributed by atoms with E-state index >= 15 is 0 Å². The second kappa shape index (κ2) is 15.9. The molecule has 0 aliphatic carbocycles. The third kappa shape index (κ3) is 14.9. The third-order valence-corrected chi connectivity index (χ3v) is 3.38. The topological polar surface area (TPSA) is 46.5 Å². The SMILES string of the molecule is CCCCCCCCC#CC#C[C@@H](O)CCCCC(=O)OC. The normalized spacial score (nSPS) is 10.9. The van der Waals surface area contributed by atoms with E-state index in [1.54, 1.807) is 0 Å². The Bertz CT molecular complexity index is 392. The van der Waals surface area contributed by atoms with Gasteiger partial charge in [-0.2, -0.15) is 0 Å². The van der Waals surface area contributed by atoms with Gasteiger partial charge in [0.15, 0.2) is 0 Å². The quantitative estimate of drug-likeness (QED) is 0.358. The lowest BCUT2D eigenvalue weighted by atomic mass is 10.1. The minimum absolute atomic E-state index is 0.207. The van der Waals surface area contributed by atoms with Gasteiger partial charge in [-0.3, -0.25) is 4.79 Å². The Morgan fingerprint density at radius 2 is 1.77 bits per heavy atom. The number of hydrogen-bond donors (Lipinski definition) is 1. The van der Waals surface area contributed by atoms with Crippen LogP contribution in [-0.4, -0.2) is 24.3 Å². The fraction of sp³-hybridized carbons (Fsp3) is 0.737. The highest BCUT2D eigenvalue weighted by molar-refractivity contribution is 5.68. The van der Waals surface area contributed by atoms with Crippen molar-refractivity contribution in [2.45, 2.75) is 83.7 Å². The largest absolute Gasteiger partial charge is 0.469 e. The molecule has 0 amide bonds. The maximum atomic E-state index is 10.9. The lowest BCUT2D eigenvalue weighted by molar-refractivity contribution is -0.140. The fourth-order valence-corrected chi connectivity index (χ4v) is 2.00. The number of carbonyl (C=O) groups excluding carboxylic acids is 1. The van der Waals surface area contributed by atoms with E-state index in [0.717, 1.165) is 25.7 Å². The molecular weight excluding hydrogens is 276 g/mol. The van der Waals surface area contributed by atoms with Gasteiger partial charge < -0.3 is 9.84 Å². The molecule has 0 aliphatic rings. The van der Waals surface area contributed by atoms with Crippen molar-refractivity contribution < 1.29 is 14.6 Å². The molecule has 0 saturated heterocycles. The molecule has 1 N–H and O–H groups in total. The molecule has 0 aliphatic heterocycles. The lowest BCUT2D eigenvalue weighted by Gasteiger charge is -2.02. The molecule has 0 unspecified atom stereocenters. The van der Waals surface area contributed by atoms with Gasteiger partial charge in [0, 0.05) is 12.8 Å². The molecule has 0 saturated carbocycles. The van der Waals surface area contributed by atoms with Crippen molar-refractivity contribution >= 4 is 5.97 Å². The first kappa shape index (κ1) is 20.6. The lowest BCUT2D eigenvalue weighted by Crippen LogP contribution is -2.04. The second-order valence-electron chi connectivity index (χ2n) is 5.43. The first-order valence-corrected chi connectivity index (χ1v) is 8.44. The Labute approximate surface area is 135 Å². The van der Waals surface area contributed by atoms with Crippen LogP contribution in [0.25, 0.3) is 0 Å². The van der Waals surface area contributed by atoms with Gasteiger partial charge in [0.2, 0.25) is 0 Å². The molecule has 0 heterocycles. The number of unbranched alkanes of at least 4 members (excludes halogenated alkanes) is 7. The van der Waals surface area contributed by atoms with Crippen molar-refractivity contribution in [2.75, 3.05) is 7.11 Å². The standard InChI is InChI=1S/C19H30O3/c1-3-4-5-6-7-8-9-10-11-12-15-18(20)16-13-14-17-19(21)22-2/h18,20H,3-9,13-14,16-17H2,1-2H3/t18-/m1/s1. The molecule has 0 radical (unpaired) electrons. The predicted molar refractivity (Wildman–Crippen MR) is 90.0 cm³/mol. The summed E-state index contributed by atoms with van der Waals surface area (Å²) in [4.78, 5) is 10.9. The molecule has 0 aromatic heterocycles. The van der Waals surface area contributed by atoms with Crippen LogP contribution in [-0.2, 0) is 9.53 Å². The van der Waals surface area contributed by atoms with Crippen LogP contribution in [0, 0.1) is 23.7 Å². The Morgan fingerprint density at radius 3 is 2.50 bits per heavy atom. The predicted octanol–water partition coefficient (Wildman–Crippen LogP) is 3.84. The van der Waals surface area contributed by atoms with Crippen LogP contribution in [0.1, 0.15) is 77.6 Å². The summed E-state index contributed by atoms with van der Waals surface area (Å²) in [6.07, 6.45) is 10.3. The van der Waals surface area contributed by atoms with Crippen LogP contribution >= 0.6 is 0 Å². The second-order valence-corrected chi connectivity index (χ2v) is 5.43. The number of esters is 1. The molecule has 0 rings (SSSR count). The molecule has 0 spiro atoms. The molecule has 0 bridgehead atoms. The monoisotopic (exact) mass is 306 g/mol. The van der Waals surface area contributed by atoms with Crippen molar-refractivity contribution in [2.24, 2.45) is 0 Å². The average molecular weight is 306 g/mol. The minimum atomic E-state index is -0.652. The van der Waals surface area contributed by atoms with Crippen molar-refractivity contribution in [3.05, 3.63) is 0 Å².